The highest BCUT2D eigenvalue weighted by molar-refractivity contribution is 9.10. The van der Waals surface area contributed by atoms with Crippen LogP contribution < -0.4 is 5.56 Å². The van der Waals surface area contributed by atoms with Gasteiger partial charge in [0.1, 0.15) is 0 Å². The third-order valence-electron chi connectivity index (χ3n) is 2.53. The highest BCUT2D eigenvalue weighted by Crippen LogP contribution is 2.16. The first-order valence-corrected chi connectivity index (χ1v) is 5.89. The van der Waals surface area contributed by atoms with E-state index in [9.17, 15) is 4.79 Å². The number of aryl methyl sites for hydroxylation is 2. The normalized spacial score (nSPS) is 11.0. The van der Waals surface area contributed by atoms with Gasteiger partial charge in [0.25, 0.3) is 5.56 Å². The van der Waals surface area contributed by atoms with E-state index in [1.165, 1.54) is 4.52 Å². The minimum Gasteiger partial charge on any atom is -0.267 e. The van der Waals surface area contributed by atoms with Gasteiger partial charge in [-0.1, -0.05) is 6.92 Å². The number of rotatable bonds is 1. The summed E-state index contributed by atoms with van der Waals surface area (Å²) in [6.45, 7) is 5.62. The Morgan fingerprint density at radius 3 is 2.75 bits per heavy atom. The van der Waals surface area contributed by atoms with Crippen LogP contribution in [-0.2, 0) is 6.42 Å². The number of nitrogens with zero attached hydrogens (tertiary/aromatic N) is 3. The molecule has 0 aliphatic rings. The molecule has 5 heteroatoms. The second kappa shape index (κ2) is 3.97. The molecule has 0 aliphatic carbocycles. The molecule has 0 saturated carbocycles. The summed E-state index contributed by atoms with van der Waals surface area (Å²) in [4.78, 5) is 16.5. The largest absolute Gasteiger partial charge is 0.277 e. The number of aromatic nitrogens is 3. The smallest absolute Gasteiger partial charge is 0.267 e. The van der Waals surface area contributed by atoms with Gasteiger partial charge in [0, 0.05) is 5.56 Å². The lowest BCUT2D eigenvalue weighted by atomic mass is 10.2. The topological polar surface area (TPSA) is 47.3 Å². The first-order chi connectivity index (χ1) is 7.54. The summed E-state index contributed by atoms with van der Waals surface area (Å²) in [5, 5.41) is 4.18. The van der Waals surface area contributed by atoms with E-state index in [0.717, 1.165) is 22.3 Å². The van der Waals surface area contributed by atoms with E-state index in [-0.39, 0.29) is 5.56 Å². The van der Waals surface area contributed by atoms with Crippen LogP contribution in [0.3, 0.4) is 0 Å². The lowest BCUT2D eigenvalue weighted by molar-refractivity contribution is 0.809. The first-order valence-electron chi connectivity index (χ1n) is 5.10. The maximum atomic E-state index is 12.1. The van der Waals surface area contributed by atoms with Gasteiger partial charge in [-0.15, -0.1) is 0 Å². The average molecular weight is 282 g/mol. The molecule has 0 N–H and O–H groups in total. The van der Waals surface area contributed by atoms with Gasteiger partial charge in [-0.2, -0.15) is 9.61 Å². The van der Waals surface area contributed by atoms with Crippen molar-refractivity contribution in [1.29, 1.82) is 0 Å². The summed E-state index contributed by atoms with van der Waals surface area (Å²) in [6.07, 6.45) is 0.748. The monoisotopic (exact) mass is 281 g/mol. The van der Waals surface area contributed by atoms with Gasteiger partial charge in [0.15, 0.2) is 5.65 Å². The van der Waals surface area contributed by atoms with E-state index in [4.69, 9.17) is 0 Å². The fourth-order valence-corrected chi connectivity index (χ4v) is 2.25. The van der Waals surface area contributed by atoms with Gasteiger partial charge in [-0.3, -0.25) is 4.79 Å². The zero-order valence-corrected chi connectivity index (χ0v) is 11.0. The SMILES string of the molecule is CCc1nc2c(Br)cc(C)nn2c(=O)c1C. The molecular formula is C11H12BrN3O. The van der Waals surface area contributed by atoms with Gasteiger partial charge < -0.3 is 0 Å². The van der Waals surface area contributed by atoms with Crippen LogP contribution in [0.1, 0.15) is 23.9 Å². The predicted molar refractivity (Wildman–Crippen MR) is 65.8 cm³/mol. The number of fused-ring (bicyclic) bond motifs is 1. The Hall–Kier alpha value is -1.23. The van der Waals surface area contributed by atoms with Crippen molar-refractivity contribution in [3.05, 3.63) is 37.8 Å². The standard InChI is InChI=1S/C11H12BrN3O/c1-4-9-7(3)11(16)15-10(13-9)8(12)5-6(2)14-15/h5H,4H2,1-3H3. The van der Waals surface area contributed by atoms with Crippen LogP contribution in [0.5, 0.6) is 0 Å². The van der Waals surface area contributed by atoms with Gasteiger partial charge >= 0.3 is 0 Å². The third-order valence-corrected chi connectivity index (χ3v) is 3.11. The summed E-state index contributed by atoms with van der Waals surface area (Å²) in [7, 11) is 0. The Labute approximate surface area is 101 Å². The van der Waals surface area contributed by atoms with E-state index in [1.807, 2.05) is 19.9 Å². The molecule has 0 saturated heterocycles. The Morgan fingerprint density at radius 1 is 1.44 bits per heavy atom. The number of hydrogen-bond acceptors (Lipinski definition) is 3. The molecule has 0 amide bonds. The van der Waals surface area contributed by atoms with Crippen molar-refractivity contribution >= 4 is 21.6 Å². The Kier molecular flexibility index (Phi) is 2.80. The van der Waals surface area contributed by atoms with Crippen LogP contribution >= 0.6 is 15.9 Å². The van der Waals surface area contributed by atoms with Gasteiger partial charge in [-0.25, -0.2) is 4.98 Å². The molecule has 2 rings (SSSR count). The molecular weight excluding hydrogens is 270 g/mol. The van der Waals surface area contributed by atoms with Gasteiger partial charge in [0.2, 0.25) is 0 Å². The molecule has 2 aromatic heterocycles. The summed E-state index contributed by atoms with van der Waals surface area (Å²) >= 11 is 3.41. The first kappa shape index (κ1) is 11.3. The molecule has 2 aromatic rings. The fraction of sp³-hybridized carbons (Fsp3) is 0.364. The molecule has 4 nitrogen and oxygen atoms in total. The second-order valence-electron chi connectivity index (χ2n) is 3.71. The zero-order chi connectivity index (χ0) is 11.9. The van der Waals surface area contributed by atoms with Gasteiger partial charge in [0.05, 0.1) is 15.9 Å². The van der Waals surface area contributed by atoms with E-state index in [2.05, 4.69) is 26.0 Å². The molecule has 0 radical (unpaired) electrons. The van der Waals surface area contributed by atoms with Crippen molar-refractivity contribution < 1.29 is 0 Å². The molecule has 0 spiro atoms. The molecule has 16 heavy (non-hydrogen) atoms. The number of halogens is 1. The van der Waals surface area contributed by atoms with Crippen LogP contribution in [0.2, 0.25) is 0 Å². The zero-order valence-electron chi connectivity index (χ0n) is 9.41. The highest BCUT2D eigenvalue weighted by Gasteiger charge is 2.10. The quantitative estimate of drug-likeness (QED) is 0.804. The molecule has 0 aromatic carbocycles. The van der Waals surface area contributed by atoms with E-state index >= 15 is 0 Å². The summed E-state index contributed by atoms with van der Waals surface area (Å²) in [5.74, 6) is 0. The van der Waals surface area contributed by atoms with E-state index < -0.39 is 0 Å². The summed E-state index contributed by atoms with van der Waals surface area (Å²) in [5.41, 5.74) is 2.78. The molecule has 0 aliphatic heterocycles. The number of hydrogen-bond donors (Lipinski definition) is 0. The maximum absolute atomic E-state index is 12.1. The third kappa shape index (κ3) is 1.65. The fourth-order valence-electron chi connectivity index (χ4n) is 1.66. The van der Waals surface area contributed by atoms with Crippen molar-refractivity contribution in [1.82, 2.24) is 14.6 Å². The highest BCUT2D eigenvalue weighted by atomic mass is 79.9. The Morgan fingerprint density at radius 2 is 2.12 bits per heavy atom. The Bertz CT molecular complexity index is 619. The van der Waals surface area contributed by atoms with Crippen LogP contribution in [0.15, 0.2) is 15.3 Å². The average Bonchev–Trinajstić information content (AvgIpc) is 2.24. The predicted octanol–water partition coefficient (Wildman–Crippen LogP) is 2.03. The van der Waals surface area contributed by atoms with Crippen molar-refractivity contribution in [3.63, 3.8) is 0 Å². The summed E-state index contributed by atoms with van der Waals surface area (Å²) < 4.78 is 2.15. The van der Waals surface area contributed by atoms with Gasteiger partial charge in [-0.05, 0) is 42.3 Å². The minimum absolute atomic E-state index is 0.0914. The van der Waals surface area contributed by atoms with E-state index in [0.29, 0.717) is 11.2 Å². The summed E-state index contributed by atoms with van der Waals surface area (Å²) in [6, 6.07) is 1.86. The molecule has 84 valence electrons. The van der Waals surface area contributed by atoms with Crippen molar-refractivity contribution in [2.24, 2.45) is 0 Å². The molecule has 2 heterocycles. The Balaban J connectivity index is 2.99. The lowest BCUT2D eigenvalue weighted by Gasteiger charge is -2.07. The van der Waals surface area contributed by atoms with Crippen molar-refractivity contribution in [2.75, 3.05) is 0 Å². The molecule has 0 bridgehead atoms. The van der Waals surface area contributed by atoms with Crippen LogP contribution in [0.25, 0.3) is 5.65 Å². The van der Waals surface area contributed by atoms with E-state index in [1.54, 1.807) is 6.92 Å². The van der Waals surface area contributed by atoms with Crippen LogP contribution in [0, 0.1) is 13.8 Å². The molecule has 0 unspecified atom stereocenters. The second-order valence-corrected chi connectivity index (χ2v) is 4.57. The van der Waals surface area contributed by atoms with Crippen molar-refractivity contribution in [3.8, 4) is 0 Å². The van der Waals surface area contributed by atoms with Crippen LogP contribution in [0.4, 0.5) is 0 Å². The minimum atomic E-state index is -0.0914. The maximum Gasteiger partial charge on any atom is 0.277 e. The lowest BCUT2D eigenvalue weighted by Crippen LogP contribution is -2.23. The van der Waals surface area contributed by atoms with Crippen molar-refractivity contribution in [2.45, 2.75) is 27.2 Å². The van der Waals surface area contributed by atoms with Crippen LogP contribution in [-0.4, -0.2) is 14.6 Å². The molecule has 0 fully saturated rings. The molecule has 0 atom stereocenters.